The van der Waals surface area contributed by atoms with E-state index in [9.17, 15) is 13.9 Å². The number of ether oxygens (including phenoxy) is 1. The largest absolute Gasteiger partial charge is 0.508 e. The molecule has 2 aliphatic carbocycles. The number of aromatic hydroxyl groups is 1. The van der Waals surface area contributed by atoms with Gasteiger partial charge < -0.3 is 25.0 Å². The average molecular weight is 700 g/mol. The summed E-state index contributed by atoms with van der Waals surface area (Å²) >= 11 is 0. The van der Waals surface area contributed by atoms with Crippen molar-refractivity contribution in [2.24, 2.45) is 10.8 Å². The van der Waals surface area contributed by atoms with Crippen molar-refractivity contribution in [1.29, 1.82) is 0 Å². The molecule has 11 heteroatoms. The molecule has 0 amide bonds. The van der Waals surface area contributed by atoms with Crippen LogP contribution in [-0.2, 0) is 0 Å². The van der Waals surface area contributed by atoms with Crippen LogP contribution in [0, 0.1) is 34.8 Å². The van der Waals surface area contributed by atoms with Crippen molar-refractivity contribution >= 4 is 27.5 Å². The number of halogens is 4. The van der Waals surface area contributed by atoms with Gasteiger partial charge in [-0.3, -0.25) is 0 Å². The quantitative estimate of drug-likeness (QED) is 0.154. The number of rotatable bonds is 7. The first-order valence-electron chi connectivity index (χ1n) is 18.2. The number of anilines is 1. The molecule has 2 unspecified atom stereocenters. The monoisotopic (exact) mass is 699 g/mol. The van der Waals surface area contributed by atoms with Gasteiger partial charge in [0.15, 0.2) is 5.82 Å². The van der Waals surface area contributed by atoms with Gasteiger partial charge >= 0.3 is 6.01 Å². The minimum Gasteiger partial charge on any atom is -0.508 e. The van der Waals surface area contributed by atoms with Gasteiger partial charge in [-0.2, -0.15) is 9.97 Å². The van der Waals surface area contributed by atoms with E-state index in [-0.39, 0.29) is 69.5 Å². The van der Waals surface area contributed by atoms with Gasteiger partial charge in [0, 0.05) is 78.4 Å². The van der Waals surface area contributed by atoms with E-state index in [1.807, 2.05) is 0 Å². The fraction of sp³-hybridized carbons (Fsp3) is 0.500. The van der Waals surface area contributed by atoms with Crippen LogP contribution in [0.3, 0.4) is 0 Å². The molecule has 5 fully saturated rings. The van der Waals surface area contributed by atoms with E-state index in [0.717, 1.165) is 51.7 Å². The Kier molecular flexibility index (Phi) is 7.68. The third kappa shape index (κ3) is 5.94. The highest BCUT2D eigenvalue weighted by molar-refractivity contribution is 6.04. The molecule has 2 N–H and O–H groups in total. The SMILES string of the molecule is C#Cc1cccc2cc(O)cc(-c3c(F)cc4c(N5CC6CCC(C5)N6)nc(OCC5(CN6CCC7(CCC(F)(F)CC7)C6)CC5)nc4c3F)c12. The standard InChI is InChI=1S/C40H41F4N5O2/c1-2-24-4-3-5-25-16-28(50)17-29(32(24)25)33-31(41)18-30-35(34(33)42)46-37(47-36(30)49-19-26-6-7-27(20-49)45-26)51-23-39(8-9-39)22-48-15-14-38(21-48)10-12-40(43,44)13-11-38/h1,3-5,16-18,26-27,45,50H,6-15,19-23H2. The molecule has 3 aromatic carbocycles. The lowest BCUT2D eigenvalue weighted by Gasteiger charge is -2.37. The van der Waals surface area contributed by atoms with Gasteiger partial charge in [-0.25, -0.2) is 17.6 Å². The first-order chi connectivity index (χ1) is 24.5. The van der Waals surface area contributed by atoms with Gasteiger partial charge in [-0.05, 0) is 86.6 Å². The van der Waals surface area contributed by atoms with E-state index >= 15 is 8.78 Å². The summed E-state index contributed by atoms with van der Waals surface area (Å²) in [5.74, 6) is -1.32. The summed E-state index contributed by atoms with van der Waals surface area (Å²) in [6.45, 7) is 4.14. The van der Waals surface area contributed by atoms with E-state index < -0.39 is 17.6 Å². The lowest BCUT2D eigenvalue weighted by atomic mass is 9.72. The Morgan fingerprint density at radius 3 is 2.47 bits per heavy atom. The molecule has 1 aromatic heterocycles. The van der Waals surface area contributed by atoms with E-state index in [2.05, 4.69) is 26.0 Å². The number of fused-ring (bicyclic) bond motifs is 4. The van der Waals surface area contributed by atoms with Crippen molar-refractivity contribution in [3.8, 4) is 35.2 Å². The summed E-state index contributed by atoms with van der Waals surface area (Å²) in [5.41, 5.74) is 0.0569. The minimum absolute atomic E-state index is 0.0238. The molecular weight excluding hydrogens is 658 g/mol. The van der Waals surface area contributed by atoms with Crippen molar-refractivity contribution in [1.82, 2.24) is 20.2 Å². The number of phenolic OH excluding ortho intramolecular Hbond substituents is 1. The molecule has 266 valence electrons. The minimum atomic E-state index is -2.54. The molecule has 1 spiro atoms. The smallest absolute Gasteiger partial charge is 0.319 e. The Bertz CT molecular complexity index is 2070. The van der Waals surface area contributed by atoms with Crippen LogP contribution in [0.1, 0.15) is 63.4 Å². The van der Waals surface area contributed by atoms with Crippen molar-refractivity contribution in [3.05, 3.63) is 53.6 Å². The van der Waals surface area contributed by atoms with Crippen LogP contribution >= 0.6 is 0 Å². The first kappa shape index (κ1) is 32.7. The van der Waals surface area contributed by atoms with Crippen LogP contribution in [0.25, 0.3) is 32.8 Å². The molecule has 3 saturated heterocycles. The highest BCUT2D eigenvalue weighted by Crippen LogP contribution is 2.52. The summed E-state index contributed by atoms with van der Waals surface area (Å²) < 4.78 is 67.5. The number of likely N-dealkylation sites (tertiary alicyclic amines) is 1. The molecule has 0 radical (unpaired) electrons. The maximum atomic E-state index is 17.0. The molecular formula is C40H41F4N5O2. The summed E-state index contributed by atoms with van der Waals surface area (Å²) in [6.07, 6.45) is 11.8. The number of hydrogen-bond donors (Lipinski definition) is 2. The van der Waals surface area contributed by atoms with E-state index in [1.54, 1.807) is 18.2 Å². The zero-order valence-electron chi connectivity index (χ0n) is 28.5. The van der Waals surface area contributed by atoms with Gasteiger partial charge in [-0.1, -0.05) is 18.1 Å². The second-order valence-electron chi connectivity index (χ2n) is 16.0. The molecule has 4 aromatic rings. The van der Waals surface area contributed by atoms with E-state index in [1.165, 1.54) is 18.2 Å². The van der Waals surface area contributed by atoms with Gasteiger partial charge in [0.2, 0.25) is 5.92 Å². The number of aromatic nitrogens is 2. The Hall–Kier alpha value is -4.14. The Morgan fingerprint density at radius 1 is 0.980 bits per heavy atom. The molecule has 3 aliphatic heterocycles. The van der Waals surface area contributed by atoms with Gasteiger partial charge in [0.25, 0.3) is 0 Å². The third-order valence-electron chi connectivity index (χ3n) is 12.3. The lowest BCUT2D eigenvalue weighted by Crippen LogP contribution is -2.51. The zero-order valence-corrected chi connectivity index (χ0v) is 28.5. The van der Waals surface area contributed by atoms with Crippen molar-refractivity contribution in [3.63, 3.8) is 0 Å². The molecule has 51 heavy (non-hydrogen) atoms. The maximum Gasteiger partial charge on any atom is 0.319 e. The van der Waals surface area contributed by atoms with E-state index in [4.69, 9.17) is 16.1 Å². The summed E-state index contributed by atoms with van der Waals surface area (Å²) in [5, 5.41) is 15.5. The normalized spacial score (nSPS) is 24.7. The van der Waals surface area contributed by atoms with Gasteiger partial charge in [0.1, 0.15) is 22.9 Å². The van der Waals surface area contributed by atoms with Crippen LogP contribution in [0.4, 0.5) is 23.4 Å². The Balaban J connectivity index is 1.06. The number of piperazine rings is 1. The van der Waals surface area contributed by atoms with Crippen LogP contribution in [0.15, 0.2) is 36.4 Å². The van der Waals surface area contributed by atoms with Gasteiger partial charge in [0.05, 0.1) is 12.2 Å². The van der Waals surface area contributed by atoms with E-state index in [0.29, 0.717) is 54.7 Å². The average Bonchev–Trinajstić information content (AvgIpc) is 3.64. The summed E-state index contributed by atoms with van der Waals surface area (Å²) in [7, 11) is 0. The van der Waals surface area contributed by atoms with Crippen LogP contribution in [0.5, 0.6) is 11.8 Å². The van der Waals surface area contributed by atoms with Crippen LogP contribution < -0.4 is 15.0 Å². The fourth-order valence-corrected chi connectivity index (χ4v) is 9.35. The third-order valence-corrected chi connectivity index (χ3v) is 12.3. The number of alkyl halides is 2. The summed E-state index contributed by atoms with van der Waals surface area (Å²) in [6, 6.07) is 9.86. The molecule has 7 nitrogen and oxygen atoms in total. The van der Waals surface area contributed by atoms with Gasteiger partial charge in [-0.15, -0.1) is 6.42 Å². The number of phenols is 1. The van der Waals surface area contributed by atoms with Crippen molar-refractivity contribution < 1.29 is 27.4 Å². The van der Waals surface area contributed by atoms with Crippen molar-refractivity contribution in [2.75, 3.05) is 44.2 Å². The number of nitrogens with zero attached hydrogens (tertiary/aromatic N) is 4. The molecule has 2 atom stereocenters. The topological polar surface area (TPSA) is 73.8 Å². The molecule has 9 rings (SSSR count). The summed E-state index contributed by atoms with van der Waals surface area (Å²) in [4.78, 5) is 13.9. The Morgan fingerprint density at radius 2 is 1.75 bits per heavy atom. The van der Waals surface area contributed by atoms with Crippen LogP contribution in [0.2, 0.25) is 0 Å². The first-order valence-corrected chi connectivity index (χ1v) is 18.2. The molecule has 2 bridgehead atoms. The molecule has 4 heterocycles. The zero-order chi connectivity index (χ0) is 35.1. The second kappa shape index (κ2) is 12.0. The number of hydrogen-bond acceptors (Lipinski definition) is 7. The molecule has 2 saturated carbocycles. The lowest BCUT2D eigenvalue weighted by molar-refractivity contribution is -0.0650. The number of benzene rings is 3. The maximum absolute atomic E-state index is 17.0. The Labute approximate surface area is 294 Å². The number of terminal acetylenes is 1. The highest BCUT2D eigenvalue weighted by Gasteiger charge is 2.50. The molecule has 5 aliphatic rings. The predicted molar refractivity (Wildman–Crippen MR) is 188 cm³/mol. The predicted octanol–water partition coefficient (Wildman–Crippen LogP) is 7.42. The second-order valence-corrected chi connectivity index (χ2v) is 16.0. The number of nitrogens with one attached hydrogen (secondary N) is 1. The van der Waals surface area contributed by atoms with Crippen LogP contribution in [-0.4, -0.2) is 77.3 Å². The highest BCUT2D eigenvalue weighted by atomic mass is 19.3. The van der Waals surface area contributed by atoms with Crippen molar-refractivity contribution in [2.45, 2.75) is 75.8 Å². The fourth-order valence-electron chi connectivity index (χ4n) is 9.35.